The summed E-state index contributed by atoms with van der Waals surface area (Å²) in [6.07, 6.45) is 3.69. The van der Waals surface area contributed by atoms with Gasteiger partial charge in [0.1, 0.15) is 0 Å². The van der Waals surface area contributed by atoms with Gasteiger partial charge in [-0.3, -0.25) is 4.99 Å². The molecule has 0 aromatic carbocycles. The number of amidine groups is 1. The van der Waals surface area contributed by atoms with E-state index < -0.39 is 0 Å². The lowest BCUT2D eigenvalue weighted by Gasteiger charge is -2.33. The van der Waals surface area contributed by atoms with E-state index in [9.17, 15) is 0 Å². The third-order valence-electron chi connectivity index (χ3n) is 4.39. The fourth-order valence-electron chi connectivity index (χ4n) is 2.37. The topological polar surface area (TPSA) is 27.6 Å². The zero-order valence-electron chi connectivity index (χ0n) is 13.2. The molecule has 0 spiro atoms. The van der Waals surface area contributed by atoms with Crippen molar-refractivity contribution in [3.8, 4) is 0 Å². The zero-order chi connectivity index (χ0) is 14.1. The summed E-state index contributed by atoms with van der Waals surface area (Å²) in [5.74, 6) is 1.22. The summed E-state index contributed by atoms with van der Waals surface area (Å²) >= 11 is 1.91. The van der Waals surface area contributed by atoms with Crippen molar-refractivity contribution in [2.75, 3.05) is 38.5 Å². The summed E-state index contributed by atoms with van der Waals surface area (Å²) < 4.78 is 0. The van der Waals surface area contributed by atoms with Gasteiger partial charge >= 0.3 is 0 Å². The quantitative estimate of drug-likeness (QED) is 0.694. The molecular weight excluding hydrogens is 254 g/mol. The molecule has 0 saturated carbocycles. The van der Waals surface area contributed by atoms with Crippen LogP contribution in [0, 0.1) is 5.41 Å². The van der Waals surface area contributed by atoms with Crippen LogP contribution >= 0.6 is 11.8 Å². The minimum absolute atomic E-state index is 0.455. The zero-order valence-corrected chi connectivity index (χ0v) is 14.0. The van der Waals surface area contributed by atoms with Crippen LogP contribution in [-0.4, -0.2) is 48.5 Å². The standard InChI is InChI=1S/C15H31N3S/c1-5-15(6-2)12-17-14(19-13-15)16-10-9-11-18(7-3)8-4/h5-13H2,1-4H3,(H,16,17). The summed E-state index contributed by atoms with van der Waals surface area (Å²) in [6.45, 7) is 14.6. The van der Waals surface area contributed by atoms with E-state index >= 15 is 0 Å². The minimum atomic E-state index is 0.455. The normalized spacial score (nSPS) is 18.5. The van der Waals surface area contributed by atoms with Crippen LogP contribution in [0.2, 0.25) is 0 Å². The first-order valence-electron chi connectivity index (χ1n) is 7.83. The maximum absolute atomic E-state index is 4.74. The van der Waals surface area contributed by atoms with Crippen LogP contribution < -0.4 is 5.32 Å². The van der Waals surface area contributed by atoms with Gasteiger partial charge in [0.25, 0.3) is 0 Å². The monoisotopic (exact) mass is 285 g/mol. The molecule has 0 atom stereocenters. The highest BCUT2D eigenvalue weighted by Gasteiger charge is 2.29. The van der Waals surface area contributed by atoms with Crippen molar-refractivity contribution in [2.45, 2.75) is 47.0 Å². The van der Waals surface area contributed by atoms with Crippen molar-refractivity contribution >= 4 is 16.9 Å². The predicted molar refractivity (Wildman–Crippen MR) is 88.2 cm³/mol. The van der Waals surface area contributed by atoms with Gasteiger partial charge in [0.15, 0.2) is 5.17 Å². The van der Waals surface area contributed by atoms with Gasteiger partial charge in [-0.1, -0.05) is 39.5 Å². The van der Waals surface area contributed by atoms with Crippen molar-refractivity contribution in [2.24, 2.45) is 10.4 Å². The van der Waals surface area contributed by atoms with Gasteiger partial charge in [0.05, 0.1) is 0 Å². The van der Waals surface area contributed by atoms with E-state index in [1.807, 2.05) is 11.8 Å². The Morgan fingerprint density at radius 1 is 1.21 bits per heavy atom. The van der Waals surface area contributed by atoms with Gasteiger partial charge in [-0.15, -0.1) is 0 Å². The molecule has 0 aliphatic carbocycles. The summed E-state index contributed by atoms with van der Waals surface area (Å²) in [4.78, 5) is 7.21. The van der Waals surface area contributed by atoms with Crippen LogP contribution in [0.4, 0.5) is 0 Å². The molecule has 1 heterocycles. The highest BCUT2D eigenvalue weighted by atomic mass is 32.2. The number of aliphatic imine (C=N–C) groups is 1. The second-order valence-electron chi connectivity index (χ2n) is 5.42. The van der Waals surface area contributed by atoms with E-state index in [1.54, 1.807) is 0 Å². The molecular formula is C15H31N3S. The largest absolute Gasteiger partial charge is 0.365 e. The fourth-order valence-corrected chi connectivity index (χ4v) is 3.68. The molecule has 4 heteroatoms. The molecule has 0 saturated heterocycles. The Bertz CT molecular complexity index is 271. The van der Waals surface area contributed by atoms with Crippen molar-refractivity contribution in [1.82, 2.24) is 10.2 Å². The van der Waals surface area contributed by atoms with Gasteiger partial charge in [-0.05, 0) is 44.3 Å². The van der Waals surface area contributed by atoms with Gasteiger partial charge in [0.2, 0.25) is 0 Å². The van der Waals surface area contributed by atoms with E-state index in [0.29, 0.717) is 5.41 Å². The molecule has 0 amide bonds. The number of nitrogens with zero attached hydrogens (tertiary/aromatic N) is 2. The molecule has 1 aliphatic heterocycles. The Labute approximate surface area is 123 Å². The van der Waals surface area contributed by atoms with Gasteiger partial charge < -0.3 is 10.2 Å². The molecule has 1 aliphatic rings. The number of hydrogen-bond acceptors (Lipinski definition) is 4. The molecule has 0 fully saturated rings. The Hall–Kier alpha value is -0.220. The first-order valence-corrected chi connectivity index (χ1v) is 8.81. The lowest BCUT2D eigenvalue weighted by Crippen LogP contribution is -2.35. The minimum Gasteiger partial charge on any atom is -0.365 e. The lowest BCUT2D eigenvalue weighted by molar-refractivity contribution is 0.300. The average Bonchev–Trinajstić information content (AvgIpc) is 2.48. The van der Waals surface area contributed by atoms with E-state index in [-0.39, 0.29) is 0 Å². The molecule has 3 nitrogen and oxygen atoms in total. The van der Waals surface area contributed by atoms with Gasteiger partial charge in [0, 0.05) is 18.8 Å². The van der Waals surface area contributed by atoms with Gasteiger partial charge in [-0.25, -0.2) is 0 Å². The van der Waals surface area contributed by atoms with Crippen LogP contribution in [0.1, 0.15) is 47.0 Å². The molecule has 1 N–H and O–H groups in total. The number of nitrogens with one attached hydrogen (secondary N) is 1. The van der Waals surface area contributed by atoms with E-state index in [1.165, 1.54) is 31.6 Å². The van der Waals surface area contributed by atoms with Crippen molar-refractivity contribution in [1.29, 1.82) is 0 Å². The molecule has 0 unspecified atom stereocenters. The smallest absolute Gasteiger partial charge is 0.156 e. The molecule has 1 rings (SSSR count). The summed E-state index contributed by atoms with van der Waals surface area (Å²) in [5.41, 5.74) is 0.455. The van der Waals surface area contributed by atoms with Crippen LogP contribution in [0.25, 0.3) is 0 Å². The Morgan fingerprint density at radius 2 is 1.89 bits per heavy atom. The van der Waals surface area contributed by atoms with Crippen molar-refractivity contribution in [3.63, 3.8) is 0 Å². The molecule has 19 heavy (non-hydrogen) atoms. The first kappa shape index (κ1) is 16.8. The molecule has 0 radical (unpaired) electrons. The lowest BCUT2D eigenvalue weighted by atomic mass is 9.84. The van der Waals surface area contributed by atoms with Crippen LogP contribution in [0.3, 0.4) is 0 Å². The third-order valence-corrected chi connectivity index (χ3v) is 5.70. The summed E-state index contributed by atoms with van der Waals surface area (Å²) in [5, 5.41) is 4.66. The molecule has 0 aromatic rings. The van der Waals surface area contributed by atoms with E-state index in [4.69, 9.17) is 4.99 Å². The van der Waals surface area contributed by atoms with Crippen molar-refractivity contribution in [3.05, 3.63) is 0 Å². The maximum Gasteiger partial charge on any atom is 0.156 e. The van der Waals surface area contributed by atoms with Gasteiger partial charge in [-0.2, -0.15) is 0 Å². The Morgan fingerprint density at radius 3 is 2.37 bits per heavy atom. The summed E-state index contributed by atoms with van der Waals surface area (Å²) in [6, 6.07) is 0. The SMILES string of the molecule is CCN(CC)CCCNC1=NCC(CC)(CC)CS1. The maximum atomic E-state index is 4.74. The van der Waals surface area contributed by atoms with Crippen LogP contribution in [0.5, 0.6) is 0 Å². The van der Waals surface area contributed by atoms with Crippen molar-refractivity contribution < 1.29 is 0 Å². The number of hydrogen-bond donors (Lipinski definition) is 1. The Kier molecular flexibility index (Phi) is 7.84. The average molecular weight is 286 g/mol. The van der Waals surface area contributed by atoms with Crippen LogP contribution in [-0.2, 0) is 0 Å². The second-order valence-corrected chi connectivity index (χ2v) is 6.39. The van der Waals surface area contributed by atoms with E-state index in [2.05, 4.69) is 37.9 Å². The highest BCUT2D eigenvalue weighted by Crippen LogP contribution is 2.34. The Balaban J connectivity index is 2.23. The number of rotatable bonds is 8. The molecule has 0 aromatic heterocycles. The fraction of sp³-hybridized carbons (Fsp3) is 0.933. The van der Waals surface area contributed by atoms with Crippen LogP contribution in [0.15, 0.2) is 4.99 Å². The van der Waals surface area contributed by atoms with E-state index in [0.717, 1.165) is 31.3 Å². The molecule has 0 bridgehead atoms. The molecule has 112 valence electrons. The first-order chi connectivity index (χ1) is 9.19. The predicted octanol–water partition coefficient (Wildman–Crippen LogP) is 3.22. The number of thioether (sulfide) groups is 1. The second kappa shape index (κ2) is 8.85. The third kappa shape index (κ3) is 5.35. The highest BCUT2D eigenvalue weighted by molar-refractivity contribution is 8.13. The summed E-state index contributed by atoms with van der Waals surface area (Å²) in [7, 11) is 0.